The van der Waals surface area contributed by atoms with Gasteiger partial charge in [0, 0.05) is 40.9 Å². The third kappa shape index (κ3) is 8.22. The Balaban J connectivity index is 1.88. The number of hydrogen-bond donors (Lipinski definition) is 1. The molecule has 0 bridgehead atoms. The molecule has 0 radical (unpaired) electrons. The fraction of sp³-hybridized carbons (Fsp3) is 1.00. The number of nitrogens with one attached hydrogen (secondary N) is 1. The number of rotatable bonds is 7. The SMILES string of the molecule is CC(C)(C)NCCCCCCN1CCS(=O)CC1. The molecule has 0 aliphatic carbocycles. The molecule has 18 heavy (non-hydrogen) atoms. The quantitative estimate of drug-likeness (QED) is 0.721. The zero-order valence-electron chi connectivity index (χ0n) is 12.3. The molecule has 0 spiro atoms. The molecule has 1 aliphatic heterocycles. The third-order valence-electron chi connectivity index (χ3n) is 3.33. The lowest BCUT2D eigenvalue weighted by molar-refractivity contribution is 0.291. The molecule has 1 saturated heterocycles. The predicted molar refractivity (Wildman–Crippen MR) is 80.5 cm³/mol. The largest absolute Gasteiger partial charge is 0.312 e. The van der Waals surface area contributed by atoms with Crippen molar-refractivity contribution in [2.75, 3.05) is 37.7 Å². The molecule has 1 rings (SSSR count). The van der Waals surface area contributed by atoms with Gasteiger partial charge in [0.15, 0.2) is 0 Å². The van der Waals surface area contributed by atoms with E-state index in [1.807, 2.05) is 0 Å². The Labute approximate surface area is 115 Å². The summed E-state index contributed by atoms with van der Waals surface area (Å²) in [7, 11) is -0.531. The fourth-order valence-electron chi connectivity index (χ4n) is 2.18. The second-order valence-electron chi connectivity index (χ2n) is 6.28. The number of hydrogen-bond acceptors (Lipinski definition) is 3. The van der Waals surface area contributed by atoms with Gasteiger partial charge in [-0.25, -0.2) is 0 Å². The Morgan fingerprint density at radius 3 is 2.28 bits per heavy atom. The zero-order chi connectivity index (χ0) is 13.4. The van der Waals surface area contributed by atoms with Gasteiger partial charge in [-0.1, -0.05) is 12.8 Å². The molecule has 1 heterocycles. The van der Waals surface area contributed by atoms with Crippen LogP contribution in [-0.2, 0) is 10.8 Å². The summed E-state index contributed by atoms with van der Waals surface area (Å²) >= 11 is 0. The maximum atomic E-state index is 11.2. The van der Waals surface area contributed by atoms with Gasteiger partial charge in [-0.05, 0) is 46.7 Å². The highest BCUT2D eigenvalue weighted by atomic mass is 32.2. The first-order valence-corrected chi connectivity index (χ1v) is 8.78. The molecule has 1 aliphatic rings. The van der Waals surface area contributed by atoms with E-state index in [1.54, 1.807) is 0 Å². The Bertz CT molecular complexity index is 241. The van der Waals surface area contributed by atoms with Crippen molar-refractivity contribution < 1.29 is 4.21 Å². The molecule has 0 aromatic carbocycles. The maximum absolute atomic E-state index is 11.2. The van der Waals surface area contributed by atoms with E-state index in [4.69, 9.17) is 0 Å². The summed E-state index contributed by atoms with van der Waals surface area (Å²) in [6.45, 7) is 11.1. The monoisotopic (exact) mass is 274 g/mol. The van der Waals surface area contributed by atoms with Crippen LogP contribution in [0.25, 0.3) is 0 Å². The molecule has 108 valence electrons. The highest BCUT2D eigenvalue weighted by Crippen LogP contribution is 2.06. The van der Waals surface area contributed by atoms with E-state index >= 15 is 0 Å². The lowest BCUT2D eigenvalue weighted by Crippen LogP contribution is -2.38. The second-order valence-corrected chi connectivity index (χ2v) is 7.98. The Morgan fingerprint density at radius 2 is 1.67 bits per heavy atom. The summed E-state index contributed by atoms with van der Waals surface area (Å²) in [5.74, 6) is 1.77. The van der Waals surface area contributed by atoms with Gasteiger partial charge in [-0.3, -0.25) is 4.21 Å². The van der Waals surface area contributed by atoms with Gasteiger partial charge in [0.25, 0.3) is 0 Å². The van der Waals surface area contributed by atoms with E-state index in [0.717, 1.165) is 31.1 Å². The molecule has 1 N–H and O–H groups in total. The minimum Gasteiger partial charge on any atom is -0.312 e. The average Bonchev–Trinajstić information content (AvgIpc) is 2.29. The van der Waals surface area contributed by atoms with Crippen LogP contribution in [0.15, 0.2) is 0 Å². The molecule has 0 unspecified atom stereocenters. The highest BCUT2D eigenvalue weighted by Gasteiger charge is 2.14. The van der Waals surface area contributed by atoms with E-state index in [2.05, 4.69) is 31.0 Å². The summed E-state index contributed by atoms with van der Waals surface area (Å²) in [6, 6.07) is 0. The topological polar surface area (TPSA) is 32.3 Å². The summed E-state index contributed by atoms with van der Waals surface area (Å²) < 4.78 is 11.2. The third-order valence-corrected chi connectivity index (χ3v) is 4.60. The van der Waals surface area contributed by atoms with Crippen molar-refractivity contribution in [2.45, 2.75) is 52.0 Å². The first-order chi connectivity index (χ1) is 8.47. The molecular formula is C14H30N2OS. The average molecular weight is 274 g/mol. The van der Waals surface area contributed by atoms with Crippen LogP contribution in [-0.4, -0.2) is 52.3 Å². The van der Waals surface area contributed by atoms with Crippen molar-refractivity contribution in [3.05, 3.63) is 0 Å². The summed E-state index contributed by atoms with van der Waals surface area (Å²) in [5, 5.41) is 3.52. The van der Waals surface area contributed by atoms with Crippen molar-refractivity contribution in [3.8, 4) is 0 Å². The maximum Gasteiger partial charge on any atom is 0.0363 e. The number of unbranched alkanes of at least 4 members (excludes halogenated alkanes) is 3. The standard InChI is InChI=1S/C14H30N2OS/c1-14(2,3)15-8-6-4-5-7-9-16-10-12-18(17)13-11-16/h15H,4-13H2,1-3H3. The van der Waals surface area contributed by atoms with Gasteiger partial charge in [-0.15, -0.1) is 0 Å². The van der Waals surface area contributed by atoms with Crippen molar-refractivity contribution in [3.63, 3.8) is 0 Å². The summed E-state index contributed by atoms with van der Waals surface area (Å²) in [6.07, 6.45) is 5.22. The first-order valence-electron chi connectivity index (χ1n) is 7.30. The summed E-state index contributed by atoms with van der Waals surface area (Å²) in [4.78, 5) is 2.47. The molecule has 1 fully saturated rings. The van der Waals surface area contributed by atoms with Gasteiger partial charge in [-0.2, -0.15) is 0 Å². The molecule has 0 aromatic rings. The fourth-order valence-corrected chi connectivity index (χ4v) is 3.30. The minimum atomic E-state index is -0.531. The highest BCUT2D eigenvalue weighted by molar-refractivity contribution is 7.85. The van der Waals surface area contributed by atoms with Crippen LogP contribution < -0.4 is 5.32 Å². The molecule has 4 heteroatoms. The molecule has 0 aromatic heterocycles. The van der Waals surface area contributed by atoms with Crippen LogP contribution >= 0.6 is 0 Å². The Morgan fingerprint density at radius 1 is 1.06 bits per heavy atom. The lowest BCUT2D eigenvalue weighted by atomic mass is 10.1. The van der Waals surface area contributed by atoms with E-state index in [1.165, 1.54) is 32.2 Å². The molecule has 0 amide bonds. The van der Waals surface area contributed by atoms with Crippen LogP contribution in [0.1, 0.15) is 46.5 Å². The van der Waals surface area contributed by atoms with Gasteiger partial charge >= 0.3 is 0 Å². The van der Waals surface area contributed by atoms with Crippen molar-refractivity contribution in [2.24, 2.45) is 0 Å². The van der Waals surface area contributed by atoms with Gasteiger partial charge < -0.3 is 10.2 Å². The molecule has 0 atom stereocenters. The van der Waals surface area contributed by atoms with E-state index in [0.29, 0.717) is 0 Å². The van der Waals surface area contributed by atoms with E-state index in [-0.39, 0.29) is 5.54 Å². The zero-order valence-corrected chi connectivity index (χ0v) is 13.2. The Hall–Kier alpha value is 0.0700. The first kappa shape index (κ1) is 16.1. The minimum absolute atomic E-state index is 0.253. The lowest BCUT2D eigenvalue weighted by Gasteiger charge is -2.25. The summed E-state index contributed by atoms with van der Waals surface area (Å²) in [5.41, 5.74) is 0.253. The van der Waals surface area contributed by atoms with Crippen LogP contribution in [0.2, 0.25) is 0 Å². The van der Waals surface area contributed by atoms with Gasteiger partial charge in [0.1, 0.15) is 0 Å². The number of nitrogens with zero attached hydrogens (tertiary/aromatic N) is 1. The van der Waals surface area contributed by atoms with Crippen LogP contribution in [0.4, 0.5) is 0 Å². The Kier molecular flexibility index (Phi) is 7.42. The smallest absolute Gasteiger partial charge is 0.0363 e. The van der Waals surface area contributed by atoms with E-state index < -0.39 is 10.8 Å². The van der Waals surface area contributed by atoms with Crippen LogP contribution in [0.3, 0.4) is 0 Å². The van der Waals surface area contributed by atoms with Crippen LogP contribution in [0, 0.1) is 0 Å². The van der Waals surface area contributed by atoms with Crippen molar-refractivity contribution in [1.29, 1.82) is 0 Å². The van der Waals surface area contributed by atoms with Crippen molar-refractivity contribution >= 4 is 10.8 Å². The second kappa shape index (κ2) is 8.28. The van der Waals surface area contributed by atoms with Gasteiger partial charge in [0.05, 0.1) is 0 Å². The molecular weight excluding hydrogens is 244 g/mol. The van der Waals surface area contributed by atoms with Gasteiger partial charge in [0.2, 0.25) is 0 Å². The van der Waals surface area contributed by atoms with Crippen LogP contribution in [0.5, 0.6) is 0 Å². The normalized spacial score (nSPS) is 19.3. The van der Waals surface area contributed by atoms with Crippen molar-refractivity contribution in [1.82, 2.24) is 10.2 Å². The molecule has 0 saturated carbocycles. The molecule has 3 nitrogen and oxygen atoms in total. The van der Waals surface area contributed by atoms with E-state index in [9.17, 15) is 4.21 Å². The predicted octanol–water partition coefficient (Wildman–Crippen LogP) is 2.00.